The molecule has 0 fully saturated rings. The molecule has 6 heteroatoms. The van der Waals surface area contributed by atoms with Crippen LogP contribution in [0.2, 0.25) is 0 Å². The van der Waals surface area contributed by atoms with Crippen LogP contribution in [0.15, 0.2) is 51.7 Å². The van der Waals surface area contributed by atoms with Gasteiger partial charge in [-0.25, -0.2) is 4.79 Å². The number of fused-ring (bicyclic) bond motifs is 1. The number of hydrogen-bond acceptors (Lipinski definition) is 5. The number of carbonyl (C=O) groups is 1. The predicted octanol–water partition coefficient (Wildman–Crippen LogP) is 3.99. The summed E-state index contributed by atoms with van der Waals surface area (Å²) in [5.41, 5.74) is 2.59. The molecule has 0 bridgehead atoms. The van der Waals surface area contributed by atoms with E-state index in [0.717, 1.165) is 16.5 Å². The Balaban J connectivity index is 2.01. The van der Waals surface area contributed by atoms with Crippen LogP contribution in [0, 0.1) is 12.8 Å². The van der Waals surface area contributed by atoms with Crippen molar-refractivity contribution in [1.29, 1.82) is 0 Å². The second-order valence-electron chi connectivity index (χ2n) is 7.68. The number of phenols is 1. The van der Waals surface area contributed by atoms with Gasteiger partial charge in [0.15, 0.2) is 0 Å². The molecular weight excluding hydrogens is 382 g/mol. The van der Waals surface area contributed by atoms with E-state index in [2.05, 4.69) is 5.32 Å². The SMILES string of the molecule is CC[C@@H](C)[C@@H](NCc1c(O)ccc2c(C)c(Cc3ccccc3)c(=O)oc12)C(=O)O. The topological polar surface area (TPSA) is 99.8 Å². The monoisotopic (exact) mass is 409 g/mol. The van der Waals surface area contributed by atoms with Crippen molar-refractivity contribution in [2.45, 2.75) is 46.2 Å². The first-order valence-electron chi connectivity index (χ1n) is 10.1. The third kappa shape index (κ3) is 4.39. The van der Waals surface area contributed by atoms with Gasteiger partial charge in [0.25, 0.3) is 0 Å². The van der Waals surface area contributed by atoms with Gasteiger partial charge < -0.3 is 14.6 Å². The van der Waals surface area contributed by atoms with Crippen molar-refractivity contribution in [3.05, 3.63) is 75.1 Å². The Morgan fingerprint density at radius 3 is 2.47 bits per heavy atom. The number of carboxylic acids is 1. The number of nitrogens with one attached hydrogen (secondary N) is 1. The lowest BCUT2D eigenvalue weighted by Gasteiger charge is -2.21. The summed E-state index contributed by atoms with van der Waals surface area (Å²) < 4.78 is 5.63. The zero-order valence-corrected chi connectivity index (χ0v) is 17.4. The molecule has 0 saturated heterocycles. The largest absolute Gasteiger partial charge is 0.507 e. The Morgan fingerprint density at radius 2 is 1.83 bits per heavy atom. The van der Waals surface area contributed by atoms with Gasteiger partial charge in [-0.05, 0) is 36.1 Å². The van der Waals surface area contributed by atoms with E-state index in [1.165, 1.54) is 0 Å². The summed E-state index contributed by atoms with van der Waals surface area (Å²) in [5, 5.41) is 23.6. The number of aryl methyl sites for hydroxylation is 1. The van der Waals surface area contributed by atoms with E-state index in [-0.39, 0.29) is 23.8 Å². The maximum Gasteiger partial charge on any atom is 0.340 e. The number of aliphatic carboxylic acids is 1. The number of rotatable bonds is 8. The highest BCUT2D eigenvalue weighted by atomic mass is 16.4. The van der Waals surface area contributed by atoms with Crippen molar-refractivity contribution >= 4 is 16.9 Å². The summed E-state index contributed by atoms with van der Waals surface area (Å²) in [6, 6.07) is 12.2. The third-order valence-corrected chi connectivity index (χ3v) is 5.74. The fourth-order valence-corrected chi connectivity index (χ4v) is 3.65. The molecule has 0 spiro atoms. The van der Waals surface area contributed by atoms with Gasteiger partial charge in [-0.15, -0.1) is 0 Å². The Labute approximate surface area is 175 Å². The van der Waals surface area contributed by atoms with Crippen molar-refractivity contribution in [3.63, 3.8) is 0 Å². The van der Waals surface area contributed by atoms with E-state index in [4.69, 9.17) is 4.42 Å². The smallest absolute Gasteiger partial charge is 0.340 e. The lowest BCUT2D eigenvalue weighted by molar-refractivity contribution is -0.140. The molecule has 6 nitrogen and oxygen atoms in total. The molecule has 0 unspecified atom stereocenters. The first-order valence-corrected chi connectivity index (χ1v) is 10.1. The molecule has 3 N–H and O–H groups in total. The standard InChI is InChI=1S/C24H27NO5/c1-4-14(2)21(23(27)28)25-13-19-20(26)11-10-17-15(3)18(24(29)30-22(17)19)12-16-8-6-5-7-9-16/h5-11,14,21,25-26H,4,12-13H2,1-3H3,(H,27,28)/t14-,21-/m1/s1. The zero-order valence-electron chi connectivity index (χ0n) is 17.4. The zero-order chi connectivity index (χ0) is 21.8. The summed E-state index contributed by atoms with van der Waals surface area (Å²) in [6.45, 7) is 5.72. The van der Waals surface area contributed by atoms with E-state index in [1.807, 2.05) is 51.1 Å². The van der Waals surface area contributed by atoms with E-state index in [1.54, 1.807) is 12.1 Å². The van der Waals surface area contributed by atoms with Gasteiger partial charge in [-0.2, -0.15) is 0 Å². The minimum absolute atomic E-state index is 0.0401. The predicted molar refractivity (Wildman–Crippen MR) is 116 cm³/mol. The summed E-state index contributed by atoms with van der Waals surface area (Å²) >= 11 is 0. The van der Waals surface area contributed by atoms with Crippen LogP contribution in [0.25, 0.3) is 11.0 Å². The molecule has 0 aliphatic heterocycles. The van der Waals surface area contributed by atoms with Crippen molar-refractivity contribution < 1.29 is 19.4 Å². The van der Waals surface area contributed by atoms with Crippen molar-refractivity contribution in [2.24, 2.45) is 5.92 Å². The van der Waals surface area contributed by atoms with Gasteiger partial charge in [-0.1, -0.05) is 50.6 Å². The fourth-order valence-electron chi connectivity index (χ4n) is 3.65. The molecule has 158 valence electrons. The highest BCUT2D eigenvalue weighted by Crippen LogP contribution is 2.30. The summed E-state index contributed by atoms with van der Waals surface area (Å²) in [5.74, 6) is -1.08. The fraction of sp³-hybridized carbons (Fsp3) is 0.333. The number of benzene rings is 2. The van der Waals surface area contributed by atoms with E-state index in [9.17, 15) is 19.8 Å². The molecule has 1 aromatic heterocycles. The van der Waals surface area contributed by atoms with Crippen LogP contribution in [-0.2, 0) is 17.8 Å². The molecule has 2 aromatic carbocycles. The minimum atomic E-state index is -0.952. The Kier molecular flexibility index (Phi) is 6.57. The second kappa shape index (κ2) is 9.13. The van der Waals surface area contributed by atoms with Gasteiger partial charge in [0.05, 0.1) is 5.56 Å². The molecule has 0 amide bonds. The Bertz CT molecular complexity index is 1100. The lowest BCUT2D eigenvalue weighted by atomic mass is 9.97. The first-order chi connectivity index (χ1) is 14.3. The van der Waals surface area contributed by atoms with Gasteiger partial charge in [0, 0.05) is 23.9 Å². The van der Waals surface area contributed by atoms with E-state index in [0.29, 0.717) is 24.0 Å². The average Bonchev–Trinajstić information content (AvgIpc) is 2.73. The van der Waals surface area contributed by atoms with Crippen LogP contribution in [0.4, 0.5) is 0 Å². The number of aromatic hydroxyl groups is 1. The van der Waals surface area contributed by atoms with Crippen LogP contribution < -0.4 is 10.9 Å². The molecular formula is C24H27NO5. The van der Waals surface area contributed by atoms with Crippen molar-refractivity contribution in [1.82, 2.24) is 5.32 Å². The maximum absolute atomic E-state index is 12.8. The molecule has 3 rings (SSSR count). The number of phenolic OH excluding ortho intramolecular Hbond substituents is 1. The summed E-state index contributed by atoms with van der Waals surface area (Å²) in [6.07, 6.45) is 1.15. The number of hydrogen-bond donors (Lipinski definition) is 3. The molecule has 30 heavy (non-hydrogen) atoms. The van der Waals surface area contributed by atoms with Crippen LogP contribution in [0.3, 0.4) is 0 Å². The number of carboxylic acid groups (broad SMARTS) is 1. The maximum atomic E-state index is 12.8. The quantitative estimate of drug-likeness (QED) is 0.487. The molecule has 0 saturated carbocycles. The van der Waals surface area contributed by atoms with Crippen LogP contribution in [0.5, 0.6) is 5.75 Å². The van der Waals surface area contributed by atoms with Crippen LogP contribution in [-0.4, -0.2) is 22.2 Å². The Morgan fingerprint density at radius 1 is 1.13 bits per heavy atom. The molecule has 3 aromatic rings. The van der Waals surface area contributed by atoms with Gasteiger partial charge in [0.2, 0.25) is 0 Å². The van der Waals surface area contributed by atoms with Crippen LogP contribution in [0.1, 0.15) is 42.5 Å². The molecule has 2 atom stereocenters. The normalized spacial score (nSPS) is 13.3. The van der Waals surface area contributed by atoms with Crippen molar-refractivity contribution in [2.75, 3.05) is 0 Å². The van der Waals surface area contributed by atoms with E-state index < -0.39 is 17.6 Å². The second-order valence-corrected chi connectivity index (χ2v) is 7.68. The Hall–Kier alpha value is -3.12. The lowest BCUT2D eigenvalue weighted by Crippen LogP contribution is -2.41. The molecule has 1 heterocycles. The highest BCUT2D eigenvalue weighted by Gasteiger charge is 2.24. The molecule has 0 radical (unpaired) electrons. The average molecular weight is 409 g/mol. The molecule has 0 aliphatic rings. The van der Waals surface area contributed by atoms with Gasteiger partial charge in [0.1, 0.15) is 17.4 Å². The minimum Gasteiger partial charge on any atom is -0.507 e. The summed E-state index contributed by atoms with van der Waals surface area (Å²) in [4.78, 5) is 24.4. The summed E-state index contributed by atoms with van der Waals surface area (Å²) in [7, 11) is 0. The first kappa shape index (κ1) is 21.6. The van der Waals surface area contributed by atoms with Gasteiger partial charge in [-0.3, -0.25) is 10.1 Å². The van der Waals surface area contributed by atoms with E-state index >= 15 is 0 Å². The van der Waals surface area contributed by atoms with Crippen LogP contribution >= 0.6 is 0 Å². The van der Waals surface area contributed by atoms with Crippen molar-refractivity contribution in [3.8, 4) is 5.75 Å². The third-order valence-electron chi connectivity index (χ3n) is 5.74. The molecule has 0 aliphatic carbocycles. The highest BCUT2D eigenvalue weighted by molar-refractivity contribution is 5.86. The van der Waals surface area contributed by atoms with Gasteiger partial charge >= 0.3 is 11.6 Å².